The lowest BCUT2D eigenvalue weighted by Crippen LogP contribution is -2.23. The van der Waals surface area contributed by atoms with E-state index in [-0.39, 0.29) is 24.8 Å². The zero-order valence-electron chi connectivity index (χ0n) is 9.55. The van der Waals surface area contributed by atoms with Crippen molar-refractivity contribution in [2.75, 3.05) is 0 Å². The fraction of sp³-hybridized carbons (Fsp3) is 0.400. The van der Waals surface area contributed by atoms with E-state index in [0.29, 0.717) is 16.5 Å². The van der Waals surface area contributed by atoms with Crippen molar-refractivity contribution in [3.63, 3.8) is 0 Å². The molecule has 17 heavy (non-hydrogen) atoms. The summed E-state index contributed by atoms with van der Waals surface area (Å²) in [4.78, 5) is 0. The Hall–Kier alpha value is -0.390. The molecule has 0 heterocycles. The average molecular weight is 304 g/mol. The lowest BCUT2D eigenvalue weighted by atomic mass is 10.3. The lowest BCUT2D eigenvalue weighted by Gasteiger charge is -2.13. The highest BCUT2D eigenvalue weighted by molar-refractivity contribution is 6.30. The summed E-state index contributed by atoms with van der Waals surface area (Å²) in [6.07, 6.45) is -0.793. The van der Waals surface area contributed by atoms with E-state index < -0.39 is 12.5 Å². The van der Waals surface area contributed by atoms with Gasteiger partial charge >= 0.3 is 0 Å². The van der Waals surface area contributed by atoms with Crippen LogP contribution in [0.3, 0.4) is 0 Å². The Morgan fingerprint density at radius 3 is 1.59 bits per heavy atom. The lowest BCUT2D eigenvalue weighted by molar-refractivity contribution is 0.217. The van der Waals surface area contributed by atoms with Crippen LogP contribution in [0.1, 0.15) is 13.8 Å². The van der Waals surface area contributed by atoms with Crippen molar-refractivity contribution in [1.29, 1.82) is 0 Å². The molecule has 0 aliphatic rings. The van der Waals surface area contributed by atoms with Gasteiger partial charge in [0.2, 0.25) is 0 Å². The summed E-state index contributed by atoms with van der Waals surface area (Å²) in [5.41, 5.74) is 11.0. The third-order valence-electron chi connectivity index (χ3n) is 1.49. The molecule has 0 aliphatic carbocycles. The zero-order valence-corrected chi connectivity index (χ0v) is 11.9. The quantitative estimate of drug-likeness (QED) is 0.839. The number of nitrogens with two attached hydrogens (primary N) is 2. The maximum Gasteiger partial charge on any atom is 0.144 e. The summed E-state index contributed by atoms with van der Waals surface area (Å²) >= 11 is 5.88. The molecule has 4 N–H and O–H groups in total. The normalized spacial score (nSPS) is 12.8. The summed E-state index contributed by atoms with van der Waals surface area (Å²) in [7, 11) is 0. The largest absolute Gasteiger partial charge is 0.476 e. The van der Waals surface area contributed by atoms with Crippen LogP contribution in [0, 0.1) is 0 Å². The maximum atomic E-state index is 5.88. The molecule has 4 nitrogen and oxygen atoms in total. The molecule has 0 amide bonds. The maximum absolute atomic E-state index is 5.88. The van der Waals surface area contributed by atoms with E-state index >= 15 is 0 Å². The monoisotopic (exact) mass is 302 g/mol. The average Bonchev–Trinajstić information content (AvgIpc) is 1.98. The van der Waals surface area contributed by atoms with Crippen molar-refractivity contribution in [1.82, 2.24) is 0 Å². The van der Waals surface area contributed by atoms with Crippen molar-refractivity contribution < 1.29 is 9.47 Å². The highest BCUT2D eigenvalue weighted by Crippen LogP contribution is 2.26. The van der Waals surface area contributed by atoms with Gasteiger partial charge in [0.1, 0.15) is 24.0 Å². The van der Waals surface area contributed by atoms with Crippen LogP contribution in [0.25, 0.3) is 0 Å². The molecule has 0 saturated carbocycles. The van der Waals surface area contributed by atoms with E-state index in [1.54, 1.807) is 32.0 Å². The second-order valence-corrected chi connectivity index (χ2v) is 3.71. The van der Waals surface area contributed by atoms with E-state index in [2.05, 4.69) is 0 Å². The zero-order chi connectivity index (χ0) is 11.4. The minimum absolute atomic E-state index is 0. The molecule has 1 rings (SSSR count). The molecule has 0 aliphatic heterocycles. The summed E-state index contributed by atoms with van der Waals surface area (Å²) < 4.78 is 10.6. The smallest absolute Gasteiger partial charge is 0.144 e. The third-order valence-corrected chi connectivity index (χ3v) is 1.71. The first-order chi connectivity index (χ1) is 6.97. The minimum atomic E-state index is -0.397. The molecule has 1 aromatic rings. The SMILES string of the molecule is CC(N)Oc1cc(Cl)cc(OC(C)N)c1.Cl.Cl. The Morgan fingerprint density at radius 2 is 1.29 bits per heavy atom. The molecule has 2 atom stereocenters. The number of halogens is 3. The van der Waals surface area contributed by atoms with Gasteiger partial charge in [-0.3, -0.25) is 11.5 Å². The number of ether oxygens (including phenoxy) is 2. The third kappa shape index (κ3) is 7.52. The van der Waals surface area contributed by atoms with Gasteiger partial charge in [-0.2, -0.15) is 0 Å². The molecule has 0 radical (unpaired) electrons. The standard InChI is InChI=1S/C10H15ClN2O2.2ClH/c1-6(12)14-9-3-8(11)4-10(5-9)15-7(2)13;;/h3-7H,12-13H2,1-2H3;2*1H. The van der Waals surface area contributed by atoms with Crippen LogP contribution >= 0.6 is 36.4 Å². The van der Waals surface area contributed by atoms with Gasteiger partial charge in [0, 0.05) is 11.1 Å². The molecule has 1 aromatic carbocycles. The number of hydrogen-bond acceptors (Lipinski definition) is 4. The highest BCUT2D eigenvalue weighted by atomic mass is 35.5. The molecule has 100 valence electrons. The summed E-state index contributed by atoms with van der Waals surface area (Å²) in [6, 6.07) is 5.02. The van der Waals surface area contributed by atoms with Gasteiger partial charge in [-0.1, -0.05) is 11.6 Å². The predicted molar refractivity (Wildman–Crippen MR) is 74.5 cm³/mol. The topological polar surface area (TPSA) is 70.5 Å². The fourth-order valence-electron chi connectivity index (χ4n) is 1.10. The summed E-state index contributed by atoms with van der Waals surface area (Å²) in [6.45, 7) is 3.46. The van der Waals surface area contributed by atoms with Gasteiger partial charge in [0.25, 0.3) is 0 Å². The fourth-order valence-corrected chi connectivity index (χ4v) is 1.32. The Labute approximate surface area is 118 Å². The van der Waals surface area contributed by atoms with Crippen LogP contribution in [-0.4, -0.2) is 12.5 Å². The van der Waals surface area contributed by atoms with E-state index in [9.17, 15) is 0 Å². The molecule has 2 unspecified atom stereocenters. The van der Waals surface area contributed by atoms with E-state index in [0.717, 1.165) is 0 Å². The Balaban J connectivity index is 0. The Morgan fingerprint density at radius 1 is 0.941 bits per heavy atom. The van der Waals surface area contributed by atoms with Crippen LogP contribution in [-0.2, 0) is 0 Å². The number of rotatable bonds is 4. The molecule has 0 aromatic heterocycles. The van der Waals surface area contributed by atoms with Gasteiger partial charge in [-0.05, 0) is 26.0 Å². The summed E-state index contributed by atoms with van der Waals surface area (Å²) in [5, 5.41) is 0.517. The highest BCUT2D eigenvalue weighted by Gasteiger charge is 2.05. The van der Waals surface area contributed by atoms with Crippen LogP contribution in [0.2, 0.25) is 5.02 Å². The Bertz CT molecular complexity index is 307. The van der Waals surface area contributed by atoms with Crippen LogP contribution < -0.4 is 20.9 Å². The second kappa shape index (κ2) is 8.66. The molecular formula is C10H17Cl3N2O2. The van der Waals surface area contributed by atoms with Gasteiger partial charge in [0.05, 0.1) is 0 Å². The van der Waals surface area contributed by atoms with E-state index in [1.807, 2.05) is 0 Å². The first-order valence-corrected chi connectivity index (χ1v) is 5.00. The van der Waals surface area contributed by atoms with Crippen molar-refractivity contribution >= 4 is 36.4 Å². The van der Waals surface area contributed by atoms with E-state index in [4.69, 9.17) is 32.5 Å². The molecule has 0 bridgehead atoms. The molecule has 0 fully saturated rings. The first-order valence-electron chi connectivity index (χ1n) is 4.62. The Kier molecular flexibility index (Phi) is 9.66. The molecule has 7 heteroatoms. The van der Waals surface area contributed by atoms with Gasteiger partial charge in [0.15, 0.2) is 0 Å². The van der Waals surface area contributed by atoms with Crippen LogP contribution in [0.5, 0.6) is 11.5 Å². The first kappa shape index (κ1) is 19.0. The molecule has 0 spiro atoms. The summed E-state index contributed by atoms with van der Waals surface area (Å²) in [5.74, 6) is 1.13. The van der Waals surface area contributed by atoms with Gasteiger partial charge in [-0.25, -0.2) is 0 Å². The molecule has 0 saturated heterocycles. The van der Waals surface area contributed by atoms with Crippen molar-refractivity contribution in [3.05, 3.63) is 23.2 Å². The number of benzene rings is 1. The van der Waals surface area contributed by atoms with Crippen LogP contribution in [0.15, 0.2) is 18.2 Å². The van der Waals surface area contributed by atoms with Gasteiger partial charge in [-0.15, -0.1) is 24.8 Å². The van der Waals surface area contributed by atoms with E-state index in [1.165, 1.54) is 0 Å². The van der Waals surface area contributed by atoms with Crippen molar-refractivity contribution in [3.8, 4) is 11.5 Å². The number of hydrogen-bond donors (Lipinski definition) is 2. The molecular weight excluding hydrogens is 286 g/mol. The second-order valence-electron chi connectivity index (χ2n) is 3.27. The van der Waals surface area contributed by atoms with Crippen LogP contribution in [0.4, 0.5) is 0 Å². The predicted octanol–water partition coefficient (Wildman–Crippen LogP) is 2.55. The minimum Gasteiger partial charge on any atom is -0.476 e. The van der Waals surface area contributed by atoms with Crippen molar-refractivity contribution in [2.45, 2.75) is 26.3 Å². The van der Waals surface area contributed by atoms with Crippen molar-refractivity contribution in [2.24, 2.45) is 11.5 Å². The van der Waals surface area contributed by atoms with Gasteiger partial charge < -0.3 is 9.47 Å².